The SMILES string of the molecule is CC(C)(C)NC(=O)C(c1ccc(F)cc1)N(Cc1ccccc1)C(=O)c1snc(C(N)=O)c1N. The number of amides is 3. The minimum absolute atomic E-state index is 0.0135. The normalized spacial score (nSPS) is 12.1. The van der Waals surface area contributed by atoms with E-state index in [-0.39, 0.29) is 22.8 Å². The minimum Gasteiger partial charge on any atom is -0.395 e. The first kappa shape index (κ1) is 24.8. The summed E-state index contributed by atoms with van der Waals surface area (Å²) in [5, 5.41) is 2.90. The number of nitrogens with two attached hydrogens (primary N) is 2. The highest BCUT2D eigenvalue weighted by atomic mass is 32.1. The summed E-state index contributed by atoms with van der Waals surface area (Å²) < 4.78 is 17.6. The van der Waals surface area contributed by atoms with Gasteiger partial charge in [-0.15, -0.1) is 0 Å². The van der Waals surface area contributed by atoms with Crippen molar-refractivity contribution in [1.29, 1.82) is 0 Å². The third-order valence-electron chi connectivity index (χ3n) is 4.86. The molecule has 1 atom stereocenters. The van der Waals surface area contributed by atoms with Crippen LogP contribution in [0, 0.1) is 5.82 Å². The zero-order chi connectivity index (χ0) is 25.0. The molecule has 0 saturated heterocycles. The summed E-state index contributed by atoms with van der Waals surface area (Å²) in [6.07, 6.45) is 0. The molecule has 8 nitrogen and oxygen atoms in total. The zero-order valence-electron chi connectivity index (χ0n) is 19.0. The Hall–Kier alpha value is -3.79. The Bertz CT molecular complexity index is 1190. The number of nitrogens with zero attached hydrogens (tertiary/aromatic N) is 2. The van der Waals surface area contributed by atoms with Crippen molar-refractivity contribution in [3.63, 3.8) is 0 Å². The maximum Gasteiger partial charge on any atom is 0.270 e. The van der Waals surface area contributed by atoms with Crippen molar-refractivity contribution in [2.75, 3.05) is 5.73 Å². The van der Waals surface area contributed by atoms with Crippen molar-refractivity contribution in [1.82, 2.24) is 14.6 Å². The highest BCUT2D eigenvalue weighted by molar-refractivity contribution is 7.09. The van der Waals surface area contributed by atoms with Gasteiger partial charge in [-0.25, -0.2) is 4.39 Å². The number of nitrogen functional groups attached to an aromatic ring is 1. The third kappa shape index (κ3) is 5.76. The second-order valence-electron chi connectivity index (χ2n) is 8.75. The first-order valence-electron chi connectivity index (χ1n) is 10.4. The van der Waals surface area contributed by atoms with Crippen LogP contribution in [0.3, 0.4) is 0 Å². The molecule has 0 spiro atoms. The lowest BCUT2D eigenvalue weighted by Crippen LogP contribution is -2.49. The van der Waals surface area contributed by atoms with Gasteiger partial charge in [0.15, 0.2) is 5.69 Å². The fourth-order valence-electron chi connectivity index (χ4n) is 3.38. The van der Waals surface area contributed by atoms with Gasteiger partial charge in [-0.1, -0.05) is 42.5 Å². The molecule has 1 heterocycles. The van der Waals surface area contributed by atoms with Crippen LogP contribution >= 0.6 is 11.5 Å². The van der Waals surface area contributed by atoms with Gasteiger partial charge in [0.2, 0.25) is 5.91 Å². The van der Waals surface area contributed by atoms with Crippen molar-refractivity contribution in [2.24, 2.45) is 5.73 Å². The fourth-order valence-corrected chi connectivity index (χ4v) is 4.14. The predicted molar refractivity (Wildman–Crippen MR) is 128 cm³/mol. The molecule has 1 unspecified atom stereocenters. The first-order valence-corrected chi connectivity index (χ1v) is 11.2. The molecule has 5 N–H and O–H groups in total. The molecule has 3 aromatic rings. The van der Waals surface area contributed by atoms with Crippen molar-refractivity contribution >= 4 is 34.9 Å². The van der Waals surface area contributed by atoms with Crippen molar-refractivity contribution in [2.45, 2.75) is 38.9 Å². The lowest BCUT2D eigenvalue weighted by atomic mass is 10.0. The van der Waals surface area contributed by atoms with E-state index >= 15 is 0 Å². The summed E-state index contributed by atoms with van der Waals surface area (Å²) in [5.41, 5.74) is 11.6. The van der Waals surface area contributed by atoms with Crippen LogP contribution in [0.4, 0.5) is 10.1 Å². The summed E-state index contributed by atoms with van der Waals surface area (Å²) in [6, 6.07) is 13.3. The molecular weight excluding hydrogens is 457 g/mol. The Kier molecular flexibility index (Phi) is 7.31. The van der Waals surface area contributed by atoms with Gasteiger partial charge >= 0.3 is 0 Å². The lowest BCUT2D eigenvalue weighted by Gasteiger charge is -2.33. The van der Waals surface area contributed by atoms with E-state index in [0.717, 1.165) is 17.1 Å². The minimum atomic E-state index is -1.12. The van der Waals surface area contributed by atoms with Crippen LogP contribution in [-0.4, -0.2) is 32.5 Å². The number of rotatable bonds is 7. The van der Waals surface area contributed by atoms with E-state index in [0.29, 0.717) is 5.56 Å². The van der Waals surface area contributed by atoms with E-state index in [1.165, 1.54) is 29.2 Å². The first-order chi connectivity index (χ1) is 16.0. The Labute approximate surface area is 200 Å². The number of aromatic nitrogens is 1. The number of primary amides is 1. The average Bonchev–Trinajstić information content (AvgIpc) is 3.15. The molecule has 0 aliphatic carbocycles. The van der Waals surface area contributed by atoms with Gasteiger partial charge in [-0.05, 0) is 55.6 Å². The lowest BCUT2D eigenvalue weighted by molar-refractivity contribution is -0.127. The van der Waals surface area contributed by atoms with Crippen LogP contribution in [0.1, 0.15) is 58.1 Å². The van der Waals surface area contributed by atoms with Gasteiger partial charge in [0.1, 0.15) is 16.7 Å². The number of hydrogen-bond acceptors (Lipinski definition) is 6. The van der Waals surface area contributed by atoms with Crippen LogP contribution in [0.2, 0.25) is 0 Å². The molecule has 3 rings (SSSR count). The third-order valence-corrected chi connectivity index (χ3v) is 5.71. The van der Waals surface area contributed by atoms with Crippen molar-refractivity contribution < 1.29 is 18.8 Å². The van der Waals surface area contributed by atoms with Crippen LogP contribution in [-0.2, 0) is 11.3 Å². The molecule has 3 amide bonds. The number of nitrogens with one attached hydrogen (secondary N) is 1. The molecule has 1 aromatic heterocycles. The molecule has 0 bridgehead atoms. The number of carbonyl (C=O) groups is 3. The molecule has 178 valence electrons. The van der Waals surface area contributed by atoms with Crippen LogP contribution in [0.15, 0.2) is 54.6 Å². The quantitative estimate of drug-likeness (QED) is 0.475. The van der Waals surface area contributed by atoms with Gasteiger partial charge in [0.25, 0.3) is 11.8 Å². The maximum absolute atomic E-state index is 13.8. The molecule has 2 aromatic carbocycles. The fraction of sp³-hybridized carbons (Fsp3) is 0.250. The highest BCUT2D eigenvalue weighted by Gasteiger charge is 2.36. The number of carbonyl (C=O) groups excluding carboxylic acids is 3. The average molecular weight is 484 g/mol. The van der Waals surface area contributed by atoms with Gasteiger partial charge in [0.05, 0.1) is 5.69 Å². The smallest absolute Gasteiger partial charge is 0.270 e. The Morgan fingerprint density at radius 1 is 1.09 bits per heavy atom. The van der Waals surface area contributed by atoms with Crippen LogP contribution < -0.4 is 16.8 Å². The van der Waals surface area contributed by atoms with Gasteiger partial charge < -0.3 is 21.7 Å². The van der Waals surface area contributed by atoms with Crippen molar-refractivity contribution in [3.05, 3.63) is 82.1 Å². The molecule has 10 heteroatoms. The van der Waals surface area contributed by atoms with Crippen molar-refractivity contribution in [3.8, 4) is 0 Å². The van der Waals surface area contributed by atoms with Crippen LogP contribution in [0.25, 0.3) is 0 Å². The number of halogens is 1. The monoisotopic (exact) mass is 483 g/mol. The number of anilines is 1. The Morgan fingerprint density at radius 2 is 1.71 bits per heavy atom. The zero-order valence-corrected chi connectivity index (χ0v) is 19.9. The van der Waals surface area contributed by atoms with E-state index in [9.17, 15) is 18.8 Å². The van der Waals surface area contributed by atoms with Gasteiger partial charge in [-0.2, -0.15) is 4.37 Å². The van der Waals surface area contributed by atoms with E-state index in [1.807, 2.05) is 51.1 Å². The number of hydrogen-bond donors (Lipinski definition) is 3. The molecule has 0 aliphatic rings. The topological polar surface area (TPSA) is 131 Å². The van der Waals surface area contributed by atoms with Crippen LogP contribution in [0.5, 0.6) is 0 Å². The Morgan fingerprint density at radius 3 is 2.24 bits per heavy atom. The van der Waals surface area contributed by atoms with Gasteiger partial charge in [-0.3, -0.25) is 14.4 Å². The molecule has 0 saturated carbocycles. The summed E-state index contributed by atoms with van der Waals surface area (Å²) in [5.74, 6) is -2.40. The second kappa shape index (κ2) is 10.0. The van der Waals surface area contributed by atoms with Gasteiger partial charge in [0, 0.05) is 12.1 Å². The molecule has 34 heavy (non-hydrogen) atoms. The largest absolute Gasteiger partial charge is 0.395 e. The second-order valence-corrected chi connectivity index (χ2v) is 9.52. The molecule has 0 radical (unpaired) electrons. The summed E-state index contributed by atoms with van der Waals surface area (Å²) in [6.45, 7) is 5.49. The summed E-state index contributed by atoms with van der Waals surface area (Å²) in [7, 11) is 0. The highest BCUT2D eigenvalue weighted by Crippen LogP contribution is 2.30. The standard InChI is InChI=1S/C24H26FN5O3S/c1-24(2,3)28-22(32)19(15-9-11-16(25)12-10-15)30(13-14-7-5-4-6-8-14)23(33)20-17(26)18(21(27)31)29-34-20/h4-12,19H,13,26H2,1-3H3,(H2,27,31)(H,28,32). The Balaban J connectivity index is 2.15. The molecule has 0 fully saturated rings. The molecular formula is C24H26FN5O3S. The predicted octanol–water partition coefficient (Wildman–Crippen LogP) is 3.26. The summed E-state index contributed by atoms with van der Waals surface area (Å²) >= 11 is 0.733. The molecule has 0 aliphatic heterocycles. The van der Waals surface area contributed by atoms with E-state index in [1.54, 1.807) is 0 Å². The van der Waals surface area contributed by atoms with E-state index in [4.69, 9.17) is 11.5 Å². The maximum atomic E-state index is 13.8. The summed E-state index contributed by atoms with van der Waals surface area (Å²) in [4.78, 5) is 40.2. The van der Waals surface area contributed by atoms with E-state index in [2.05, 4.69) is 9.69 Å². The van der Waals surface area contributed by atoms with E-state index < -0.39 is 35.1 Å². The number of benzene rings is 2.